The molecule has 0 spiro atoms. The highest BCUT2D eigenvalue weighted by molar-refractivity contribution is 5.71. The lowest BCUT2D eigenvalue weighted by molar-refractivity contribution is -0.142. The van der Waals surface area contributed by atoms with E-state index in [-0.39, 0.29) is 12.0 Å². The molecular weight excluding hydrogens is 130 g/mol. The van der Waals surface area contributed by atoms with Gasteiger partial charge in [-0.1, -0.05) is 6.92 Å². The summed E-state index contributed by atoms with van der Waals surface area (Å²) in [5, 5.41) is 8.62. The fraction of sp³-hybridized carbons (Fsp3) is 0.857. The van der Waals surface area contributed by atoms with Crippen LogP contribution in [0.5, 0.6) is 0 Å². The molecule has 0 unspecified atom stereocenters. The molecular formula is C7H13NO2. The summed E-state index contributed by atoms with van der Waals surface area (Å²) in [5.74, 6) is -0.659. The predicted molar refractivity (Wildman–Crippen MR) is 37.5 cm³/mol. The van der Waals surface area contributed by atoms with Crippen molar-refractivity contribution in [2.75, 3.05) is 0 Å². The van der Waals surface area contributed by atoms with Crippen molar-refractivity contribution in [3.63, 3.8) is 0 Å². The van der Waals surface area contributed by atoms with Crippen LogP contribution in [0.15, 0.2) is 0 Å². The van der Waals surface area contributed by atoms with E-state index >= 15 is 0 Å². The highest BCUT2D eigenvalue weighted by atomic mass is 16.4. The summed E-state index contributed by atoms with van der Waals surface area (Å²) in [6, 6.07) is -0.127. The third-order valence-corrected chi connectivity index (χ3v) is 2.37. The zero-order valence-electron chi connectivity index (χ0n) is 6.08. The summed E-state index contributed by atoms with van der Waals surface area (Å²) in [6.07, 6.45) is 1.70. The summed E-state index contributed by atoms with van der Waals surface area (Å²) in [6.45, 7) is 2.01. The second kappa shape index (κ2) is 2.58. The second-order valence-electron chi connectivity index (χ2n) is 3.08. The zero-order valence-corrected chi connectivity index (χ0v) is 6.08. The fourth-order valence-corrected chi connectivity index (χ4v) is 1.51. The zero-order chi connectivity index (χ0) is 7.72. The van der Waals surface area contributed by atoms with Gasteiger partial charge in [0, 0.05) is 6.04 Å². The van der Waals surface area contributed by atoms with E-state index in [1.807, 2.05) is 6.92 Å². The van der Waals surface area contributed by atoms with Crippen LogP contribution in [0.4, 0.5) is 0 Å². The average Bonchev–Trinajstić information content (AvgIpc) is 2.14. The summed E-state index contributed by atoms with van der Waals surface area (Å²) in [5.41, 5.74) is 5.64. The third-order valence-electron chi connectivity index (χ3n) is 2.37. The Bertz CT molecular complexity index is 147. The van der Waals surface area contributed by atoms with E-state index in [1.165, 1.54) is 0 Å². The van der Waals surface area contributed by atoms with Crippen molar-refractivity contribution in [1.29, 1.82) is 0 Å². The predicted octanol–water partition coefficient (Wildman–Crippen LogP) is 0.444. The molecule has 1 aliphatic carbocycles. The molecule has 1 fully saturated rings. The first-order valence-electron chi connectivity index (χ1n) is 3.61. The van der Waals surface area contributed by atoms with Crippen molar-refractivity contribution >= 4 is 5.97 Å². The number of hydrogen-bond donors (Lipinski definition) is 2. The van der Waals surface area contributed by atoms with E-state index in [2.05, 4.69) is 0 Å². The Kier molecular flexibility index (Phi) is 1.94. The number of nitrogens with two attached hydrogens (primary N) is 1. The molecule has 0 aromatic rings. The molecule has 0 radical (unpaired) electrons. The molecule has 0 aromatic carbocycles. The van der Waals surface area contributed by atoms with E-state index in [9.17, 15) is 4.79 Å². The first kappa shape index (κ1) is 7.54. The van der Waals surface area contributed by atoms with Crippen LogP contribution < -0.4 is 5.73 Å². The molecule has 0 amide bonds. The molecule has 58 valence electrons. The van der Waals surface area contributed by atoms with Gasteiger partial charge in [-0.2, -0.15) is 0 Å². The van der Waals surface area contributed by atoms with Crippen molar-refractivity contribution < 1.29 is 9.90 Å². The highest BCUT2D eigenvalue weighted by Gasteiger charge is 2.34. The maximum Gasteiger partial charge on any atom is 0.308 e. The van der Waals surface area contributed by atoms with Crippen LogP contribution in [0.1, 0.15) is 19.8 Å². The standard InChI is InChI=1S/C7H13NO2/c1-4-2-3-5(6(4)8)7(9)10/h4-6H,2-3,8H2,1H3,(H,9,10)/t4-,5+,6+/m1/s1. The number of carbonyl (C=O) groups is 1. The quantitative estimate of drug-likeness (QED) is 0.560. The van der Waals surface area contributed by atoms with Gasteiger partial charge < -0.3 is 10.8 Å². The van der Waals surface area contributed by atoms with Crippen molar-refractivity contribution in [2.45, 2.75) is 25.8 Å². The number of aliphatic carboxylic acids is 1. The van der Waals surface area contributed by atoms with Crippen LogP contribution in [0, 0.1) is 11.8 Å². The lowest BCUT2D eigenvalue weighted by Crippen LogP contribution is -2.34. The van der Waals surface area contributed by atoms with E-state index in [1.54, 1.807) is 0 Å². The van der Waals surface area contributed by atoms with Gasteiger partial charge in [-0.05, 0) is 18.8 Å². The van der Waals surface area contributed by atoms with Gasteiger partial charge in [-0.15, -0.1) is 0 Å². The van der Waals surface area contributed by atoms with Crippen LogP contribution in [-0.4, -0.2) is 17.1 Å². The number of carboxylic acid groups (broad SMARTS) is 1. The Balaban J connectivity index is 2.57. The monoisotopic (exact) mass is 143 g/mol. The maximum absolute atomic E-state index is 10.5. The Morgan fingerprint density at radius 3 is 2.40 bits per heavy atom. The first-order valence-corrected chi connectivity index (χ1v) is 3.61. The maximum atomic E-state index is 10.5. The second-order valence-corrected chi connectivity index (χ2v) is 3.08. The molecule has 0 aromatic heterocycles. The van der Waals surface area contributed by atoms with Gasteiger partial charge in [-0.3, -0.25) is 4.79 Å². The van der Waals surface area contributed by atoms with E-state index in [0.29, 0.717) is 5.92 Å². The van der Waals surface area contributed by atoms with Gasteiger partial charge in [0.25, 0.3) is 0 Å². The molecule has 0 bridgehead atoms. The van der Waals surface area contributed by atoms with Gasteiger partial charge >= 0.3 is 5.97 Å². The molecule has 10 heavy (non-hydrogen) atoms. The van der Waals surface area contributed by atoms with E-state index < -0.39 is 5.97 Å². The Hall–Kier alpha value is -0.570. The van der Waals surface area contributed by atoms with Crippen LogP contribution in [0.2, 0.25) is 0 Å². The summed E-state index contributed by atoms with van der Waals surface area (Å²) >= 11 is 0. The van der Waals surface area contributed by atoms with Gasteiger partial charge in [0.05, 0.1) is 5.92 Å². The number of hydrogen-bond acceptors (Lipinski definition) is 2. The lowest BCUT2D eigenvalue weighted by Gasteiger charge is -2.12. The number of rotatable bonds is 1. The van der Waals surface area contributed by atoms with Crippen molar-refractivity contribution in [2.24, 2.45) is 17.6 Å². The van der Waals surface area contributed by atoms with Crippen LogP contribution in [-0.2, 0) is 4.79 Å². The SMILES string of the molecule is C[C@@H]1CC[C@H](C(=O)O)[C@H]1N. The van der Waals surface area contributed by atoms with Crippen molar-refractivity contribution in [3.8, 4) is 0 Å². The Morgan fingerprint density at radius 1 is 1.60 bits per heavy atom. The molecule has 1 rings (SSSR count). The normalized spacial score (nSPS) is 40.0. The lowest BCUT2D eigenvalue weighted by atomic mass is 10.0. The van der Waals surface area contributed by atoms with Crippen LogP contribution in [0.25, 0.3) is 0 Å². The topological polar surface area (TPSA) is 63.3 Å². The summed E-state index contributed by atoms with van der Waals surface area (Å²) in [7, 11) is 0. The Morgan fingerprint density at radius 2 is 2.20 bits per heavy atom. The van der Waals surface area contributed by atoms with E-state index in [4.69, 9.17) is 10.8 Å². The minimum atomic E-state index is -0.739. The van der Waals surface area contributed by atoms with Crippen molar-refractivity contribution in [3.05, 3.63) is 0 Å². The Labute approximate surface area is 60.2 Å². The van der Waals surface area contributed by atoms with Crippen LogP contribution >= 0.6 is 0 Å². The smallest absolute Gasteiger partial charge is 0.308 e. The molecule has 3 heteroatoms. The van der Waals surface area contributed by atoms with Crippen molar-refractivity contribution in [1.82, 2.24) is 0 Å². The average molecular weight is 143 g/mol. The highest BCUT2D eigenvalue weighted by Crippen LogP contribution is 2.29. The van der Waals surface area contributed by atoms with Gasteiger partial charge in [0.1, 0.15) is 0 Å². The molecule has 0 heterocycles. The molecule has 3 nitrogen and oxygen atoms in total. The number of carboxylic acids is 1. The van der Waals surface area contributed by atoms with Crippen LogP contribution in [0.3, 0.4) is 0 Å². The largest absolute Gasteiger partial charge is 0.481 e. The van der Waals surface area contributed by atoms with Gasteiger partial charge in [0.15, 0.2) is 0 Å². The molecule has 3 atom stereocenters. The molecule has 0 saturated heterocycles. The van der Waals surface area contributed by atoms with Gasteiger partial charge in [0.2, 0.25) is 0 Å². The first-order chi connectivity index (χ1) is 4.63. The van der Waals surface area contributed by atoms with E-state index in [0.717, 1.165) is 12.8 Å². The summed E-state index contributed by atoms with van der Waals surface area (Å²) in [4.78, 5) is 10.5. The minimum absolute atomic E-state index is 0.127. The third kappa shape index (κ3) is 1.14. The molecule has 1 aliphatic rings. The summed E-state index contributed by atoms with van der Waals surface area (Å²) < 4.78 is 0. The molecule has 3 N–H and O–H groups in total. The fourth-order valence-electron chi connectivity index (χ4n) is 1.51. The van der Waals surface area contributed by atoms with Gasteiger partial charge in [-0.25, -0.2) is 0 Å². The molecule has 1 saturated carbocycles. The minimum Gasteiger partial charge on any atom is -0.481 e. The molecule has 0 aliphatic heterocycles.